The standard InChI is InChI=1S/C11H17ClN2/c1-5-10(8(3)12)11-6-7(2)13-9(4)14-11/h6,8,10H,5H2,1-4H3. The van der Waals surface area contributed by atoms with E-state index in [9.17, 15) is 0 Å². The molecule has 0 amide bonds. The topological polar surface area (TPSA) is 25.8 Å². The molecule has 78 valence electrons. The third-order valence-corrected chi connectivity index (χ3v) is 2.66. The van der Waals surface area contributed by atoms with Crippen LogP contribution in [0.3, 0.4) is 0 Å². The monoisotopic (exact) mass is 212 g/mol. The number of aryl methyl sites for hydroxylation is 2. The van der Waals surface area contributed by atoms with Crippen LogP contribution in [0.25, 0.3) is 0 Å². The molecule has 0 spiro atoms. The number of halogens is 1. The molecule has 14 heavy (non-hydrogen) atoms. The third kappa shape index (κ3) is 2.68. The molecule has 0 saturated heterocycles. The Balaban J connectivity index is 3.04. The molecule has 2 unspecified atom stereocenters. The fraction of sp³-hybridized carbons (Fsp3) is 0.636. The van der Waals surface area contributed by atoms with Gasteiger partial charge in [0.2, 0.25) is 0 Å². The van der Waals surface area contributed by atoms with E-state index in [-0.39, 0.29) is 5.38 Å². The lowest BCUT2D eigenvalue weighted by molar-refractivity contribution is 0.624. The van der Waals surface area contributed by atoms with Gasteiger partial charge in [-0.1, -0.05) is 6.92 Å². The second-order valence-corrected chi connectivity index (χ2v) is 4.36. The van der Waals surface area contributed by atoms with E-state index in [1.807, 2.05) is 26.8 Å². The van der Waals surface area contributed by atoms with Crippen molar-refractivity contribution in [3.8, 4) is 0 Å². The third-order valence-electron chi connectivity index (χ3n) is 2.36. The van der Waals surface area contributed by atoms with Gasteiger partial charge in [-0.15, -0.1) is 11.6 Å². The lowest BCUT2D eigenvalue weighted by Gasteiger charge is -2.17. The van der Waals surface area contributed by atoms with Crippen molar-refractivity contribution in [3.05, 3.63) is 23.3 Å². The molecule has 1 aromatic rings. The molecule has 1 aromatic heterocycles. The van der Waals surface area contributed by atoms with Crippen LogP contribution < -0.4 is 0 Å². The highest BCUT2D eigenvalue weighted by Crippen LogP contribution is 2.25. The fourth-order valence-electron chi connectivity index (χ4n) is 1.70. The van der Waals surface area contributed by atoms with Crippen molar-refractivity contribution in [1.82, 2.24) is 9.97 Å². The van der Waals surface area contributed by atoms with Gasteiger partial charge in [-0.25, -0.2) is 9.97 Å². The SMILES string of the molecule is CCC(c1cc(C)nc(C)n1)C(C)Cl. The molecule has 0 aliphatic carbocycles. The Labute approximate surface area is 90.7 Å². The summed E-state index contributed by atoms with van der Waals surface area (Å²) in [4.78, 5) is 8.69. The van der Waals surface area contributed by atoms with Gasteiger partial charge in [-0.3, -0.25) is 0 Å². The maximum atomic E-state index is 6.12. The predicted molar refractivity (Wildman–Crippen MR) is 59.9 cm³/mol. The van der Waals surface area contributed by atoms with Gasteiger partial charge in [0, 0.05) is 22.7 Å². The molecule has 0 aliphatic rings. The minimum Gasteiger partial charge on any atom is -0.239 e. The van der Waals surface area contributed by atoms with Crippen LogP contribution in [-0.4, -0.2) is 15.3 Å². The molecular weight excluding hydrogens is 196 g/mol. The van der Waals surface area contributed by atoms with E-state index in [0.717, 1.165) is 23.6 Å². The number of hydrogen-bond acceptors (Lipinski definition) is 2. The van der Waals surface area contributed by atoms with Gasteiger partial charge in [0.05, 0.1) is 0 Å². The van der Waals surface area contributed by atoms with E-state index in [0.29, 0.717) is 5.92 Å². The molecule has 0 saturated carbocycles. The van der Waals surface area contributed by atoms with Crippen LogP contribution in [0.15, 0.2) is 6.07 Å². The van der Waals surface area contributed by atoms with Crippen molar-refractivity contribution in [1.29, 1.82) is 0 Å². The summed E-state index contributed by atoms with van der Waals surface area (Å²) < 4.78 is 0. The molecule has 0 aromatic carbocycles. The Hall–Kier alpha value is -0.630. The van der Waals surface area contributed by atoms with Crippen LogP contribution >= 0.6 is 11.6 Å². The second kappa shape index (κ2) is 4.74. The first-order valence-corrected chi connectivity index (χ1v) is 5.44. The zero-order chi connectivity index (χ0) is 10.7. The molecule has 1 rings (SSSR count). The summed E-state index contributed by atoms with van der Waals surface area (Å²) in [7, 11) is 0. The first kappa shape index (κ1) is 11.4. The summed E-state index contributed by atoms with van der Waals surface area (Å²) >= 11 is 6.12. The quantitative estimate of drug-likeness (QED) is 0.720. The molecule has 1 heterocycles. The van der Waals surface area contributed by atoms with Gasteiger partial charge < -0.3 is 0 Å². The fourth-order valence-corrected chi connectivity index (χ4v) is 2.01. The Morgan fingerprint density at radius 2 is 2.00 bits per heavy atom. The van der Waals surface area contributed by atoms with Crippen molar-refractivity contribution in [2.24, 2.45) is 0 Å². The second-order valence-electron chi connectivity index (χ2n) is 3.67. The van der Waals surface area contributed by atoms with Crippen LogP contribution in [0.2, 0.25) is 0 Å². The van der Waals surface area contributed by atoms with Gasteiger partial charge in [0.25, 0.3) is 0 Å². The largest absolute Gasteiger partial charge is 0.239 e. The summed E-state index contributed by atoms with van der Waals surface area (Å²) in [6, 6.07) is 2.03. The van der Waals surface area contributed by atoms with Crippen LogP contribution in [-0.2, 0) is 0 Å². The van der Waals surface area contributed by atoms with Crippen LogP contribution in [0.1, 0.15) is 43.4 Å². The van der Waals surface area contributed by atoms with E-state index < -0.39 is 0 Å². The van der Waals surface area contributed by atoms with Gasteiger partial charge >= 0.3 is 0 Å². The van der Waals surface area contributed by atoms with E-state index in [1.54, 1.807) is 0 Å². The van der Waals surface area contributed by atoms with Crippen molar-refractivity contribution < 1.29 is 0 Å². The lowest BCUT2D eigenvalue weighted by Crippen LogP contribution is -2.11. The van der Waals surface area contributed by atoms with Crippen LogP contribution in [0.5, 0.6) is 0 Å². The van der Waals surface area contributed by atoms with Crippen molar-refractivity contribution in [2.45, 2.75) is 45.4 Å². The summed E-state index contributed by atoms with van der Waals surface area (Å²) in [6.45, 7) is 8.06. The zero-order valence-electron chi connectivity index (χ0n) is 9.21. The Bertz CT molecular complexity index is 290. The minimum absolute atomic E-state index is 0.119. The Kier molecular flexibility index (Phi) is 3.87. The van der Waals surface area contributed by atoms with Gasteiger partial charge in [-0.2, -0.15) is 0 Å². The van der Waals surface area contributed by atoms with Gasteiger partial charge in [0.15, 0.2) is 0 Å². The normalized spacial score (nSPS) is 15.2. The number of rotatable bonds is 3. The average molecular weight is 213 g/mol. The molecule has 3 heteroatoms. The van der Waals surface area contributed by atoms with Crippen molar-refractivity contribution in [3.63, 3.8) is 0 Å². The van der Waals surface area contributed by atoms with Gasteiger partial charge in [-0.05, 0) is 33.3 Å². The lowest BCUT2D eigenvalue weighted by atomic mass is 9.98. The Morgan fingerprint density at radius 1 is 1.36 bits per heavy atom. The summed E-state index contributed by atoms with van der Waals surface area (Å²) in [5.74, 6) is 1.16. The molecule has 0 bridgehead atoms. The zero-order valence-corrected chi connectivity index (χ0v) is 9.97. The van der Waals surface area contributed by atoms with Crippen molar-refractivity contribution in [2.75, 3.05) is 0 Å². The molecule has 0 radical (unpaired) electrons. The minimum atomic E-state index is 0.119. The highest BCUT2D eigenvalue weighted by molar-refractivity contribution is 6.20. The van der Waals surface area contributed by atoms with Gasteiger partial charge in [0.1, 0.15) is 5.82 Å². The number of alkyl halides is 1. The van der Waals surface area contributed by atoms with Crippen molar-refractivity contribution >= 4 is 11.6 Å². The van der Waals surface area contributed by atoms with Crippen LogP contribution in [0, 0.1) is 13.8 Å². The Morgan fingerprint density at radius 3 is 2.43 bits per heavy atom. The summed E-state index contributed by atoms with van der Waals surface area (Å²) in [5, 5.41) is 0.119. The molecule has 0 N–H and O–H groups in total. The van der Waals surface area contributed by atoms with E-state index in [4.69, 9.17) is 11.6 Å². The van der Waals surface area contributed by atoms with E-state index >= 15 is 0 Å². The summed E-state index contributed by atoms with van der Waals surface area (Å²) in [6.07, 6.45) is 1.01. The average Bonchev–Trinajstić information content (AvgIpc) is 2.02. The number of nitrogens with zero attached hydrogens (tertiary/aromatic N) is 2. The predicted octanol–water partition coefficient (Wildman–Crippen LogP) is 3.21. The highest BCUT2D eigenvalue weighted by atomic mass is 35.5. The first-order valence-electron chi connectivity index (χ1n) is 5.00. The first-order chi connectivity index (χ1) is 6.54. The molecule has 0 fully saturated rings. The smallest absolute Gasteiger partial charge is 0.125 e. The number of hydrogen-bond donors (Lipinski definition) is 0. The molecule has 2 atom stereocenters. The van der Waals surface area contributed by atoms with E-state index in [2.05, 4.69) is 16.9 Å². The number of aromatic nitrogens is 2. The molecule has 0 aliphatic heterocycles. The maximum absolute atomic E-state index is 6.12. The van der Waals surface area contributed by atoms with E-state index in [1.165, 1.54) is 0 Å². The molecular formula is C11H17ClN2. The van der Waals surface area contributed by atoms with Crippen LogP contribution in [0.4, 0.5) is 0 Å². The highest BCUT2D eigenvalue weighted by Gasteiger charge is 2.17. The molecule has 2 nitrogen and oxygen atoms in total. The summed E-state index contributed by atoms with van der Waals surface area (Å²) in [5.41, 5.74) is 2.09. The maximum Gasteiger partial charge on any atom is 0.125 e.